The summed E-state index contributed by atoms with van der Waals surface area (Å²) in [5, 5.41) is 10.0. The van der Waals surface area contributed by atoms with Crippen molar-refractivity contribution in [3.8, 4) is 5.75 Å². The van der Waals surface area contributed by atoms with Gasteiger partial charge in [0.1, 0.15) is 12.0 Å². The number of aromatic hydroxyl groups is 1. The van der Waals surface area contributed by atoms with Crippen molar-refractivity contribution in [2.45, 2.75) is 13.3 Å². The Bertz CT molecular complexity index is 999. The summed E-state index contributed by atoms with van der Waals surface area (Å²) in [6, 6.07) is 7.50. The van der Waals surface area contributed by atoms with Crippen LogP contribution in [0.15, 0.2) is 46.6 Å². The Morgan fingerprint density at radius 3 is 2.78 bits per heavy atom. The van der Waals surface area contributed by atoms with Crippen LogP contribution in [0.25, 0.3) is 17.7 Å². The van der Waals surface area contributed by atoms with E-state index >= 15 is 0 Å². The van der Waals surface area contributed by atoms with Gasteiger partial charge in [-0.3, -0.25) is 4.49 Å². The first-order chi connectivity index (χ1) is 12.9. The summed E-state index contributed by atoms with van der Waals surface area (Å²) in [6.07, 6.45) is 10.4. The van der Waals surface area contributed by atoms with Crippen LogP contribution in [0.1, 0.15) is 28.9 Å². The third-order valence-electron chi connectivity index (χ3n) is 4.65. The van der Waals surface area contributed by atoms with Crippen LogP contribution in [0, 0.1) is 6.92 Å². The molecule has 0 fully saturated rings. The Kier molecular flexibility index (Phi) is 5.87. The molecular formula is C21H22BBrN3O+. The fourth-order valence-corrected chi connectivity index (χ4v) is 3.76. The molecule has 1 aliphatic rings. The molecule has 1 aromatic carbocycles. The van der Waals surface area contributed by atoms with Crippen molar-refractivity contribution >= 4 is 47.9 Å². The highest BCUT2D eigenvalue weighted by atomic mass is 79.9. The number of phenolic OH excluding ortho intramolecular Hbond substituents is 1. The van der Waals surface area contributed by atoms with E-state index in [0.29, 0.717) is 6.54 Å². The first kappa shape index (κ1) is 19.5. The van der Waals surface area contributed by atoms with Gasteiger partial charge in [-0.1, -0.05) is 15.9 Å². The molecule has 0 unspecified atom stereocenters. The van der Waals surface area contributed by atoms with Gasteiger partial charge in [0.05, 0.1) is 5.69 Å². The summed E-state index contributed by atoms with van der Waals surface area (Å²) in [6.45, 7) is 2.63. The fraction of sp³-hybridized carbons (Fsp3) is 0.190. The van der Waals surface area contributed by atoms with Crippen molar-refractivity contribution in [3.63, 3.8) is 0 Å². The lowest BCUT2D eigenvalue weighted by Gasteiger charge is -2.12. The highest BCUT2D eigenvalue weighted by molar-refractivity contribution is 9.10. The molecule has 2 radical (unpaired) electrons. The van der Waals surface area contributed by atoms with Crippen LogP contribution in [0.3, 0.4) is 0 Å². The van der Waals surface area contributed by atoms with Gasteiger partial charge in [0.2, 0.25) is 0 Å². The highest BCUT2D eigenvalue weighted by Gasteiger charge is 2.22. The van der Waals surface area contributed by atoms with Crippen molar-refractivity contribution in [2.24, 2.45) is 12.8 Å². The first-order valence-electron chi connectivity index (χ1n) is 8.74. The molecule has 0 amide bonds. The Morgan fingerprint density at radius 2 is 2.11 bits per heavy atom. The van der Waals surface area contributed by atoms with Gasteiger partial charge >= 0.3 is 7.98 Å². The molecule has 27 heavy (non-hydrogen) atoms. The van der Waals surface area contributed by atoms with Crippen molar-refractivity contribution in [1.29, 1.82) is 0 Å². The maximum Gasteiger partial charge on any atom is 0.586 e. The van der Waals surface area contributed by atoms with Gasteiger partial charge in [-0.25, -0.2) is 0 Å². The number of nitrogens with zero attached hydrogens (tertiary/aromatic N) is 2. The Labute approximate surface area is 169 Å². The van der Waals surface area contributed by atoms with Crippen LogP contribution in [-0.2, 0) is 7.05 Å². The standard InChI is InChI=1S/C21H22BBrN3O/c1-14-12-17(7-5-15-13-16(23)6-8-20(15)27)25(2)21(14)18(9-10-24)19-4-3-11-26(19)22/h3-8,11-13,27H,9-10,24H2,1-2H3/q+1/b7-5+. The molecule has 3 N–H and O–H groups in total. The minimum absolute atomic E-state index is 0.247. The number of aryl methyl sites for hydroxylation is 1. The van der Waals surface area contributed by atoms with Crippen LogP contribution < -0.4 is 5.73 Å². The fourth-order valence-electron chi connectivity index (χ4n) is 3.38. The number of benzene rings is 1. The van der Waals surface area contributed by atoms with E-state index in [1.165, 1.54) is 0 Å². The number of nitrogens with two attached hydrogens (primary N) is 1. The summed E-state index contributed by atoms with van der Waals surface area (Å²) in [7, 11) is 8.11. The second-order valence-corrected chi connectivity index (χ2v) is 7.43. The average molecular weight is 423 g/mol. The number of allylic oxidation sites excluding steroid dienone is 2. The van der Waals surface area contributed by atoms with Crippen LogP contribution in [0.4, 0.5) is 0 Å². The van der Waals surface area contributed by atoms with Crippen molar-refractivity contribution < 1.29 is 9.59 Å². The van der Waals surface area contributed by atoms with E-state index in [-0.39, 0.29) is 5.75 Å². The zero-order valence-corrected chi connectivity index (χ0v) is 17.1. The van der Waals surface area contributed by atoms with Gasteiger partial charge in [-0.05, 0) is 61.9 Å². The quantitative estimate of drug-likeness (QED) is 0.720. The smallest absolute Gasteiger partial charge is 0.507 e. The number of rotatable bonds is 5. The Balaban J connectivity index is 2.04. The van der Waals surface area contributed by atoms with E-state index in [0.717, 1.165) is 44.7 Å². The molecule has 0 spiro atoms. The zero-order chi connectivity index (χ0) is 19.6. The molecule has 1 aromatic heterocycles. The molecule has 1 aliphatic heterocycles. The predicted octanol–water partition coefficient (Wildman–Crippen LogP) is 3.77. The lowest BCUT2D eigenvalue weighted by Crippen LogP contribution is -2.11. The van der Waals surface area contributed by atoms with E-state index < -0.39 is 0 Å². The molecule has 3 rings (SSSR count). The molecule has 0 saturated heterocycles. The minimum atomic E-state index is 0.247. The average Bonchev–Trinajstić information content (AvgIpc) is 3.17. The van der Waals surface area contributed by atoms with Gasteiger partial charge in [0.15, 0.2) is 5.70 Å². The third kappa shape index (κ3) is 4.02. The van der Waals surface area contributed by atoms with Crippen molar-refractivity contribution in [2.75, 3.05) is 6.54 Å². The highest BCUT2D eigenvalue weighted by Crippen LogP contribution is 2.30. The zero-order valence-electron chi connectivity index (χ0n) is 15.5. The lowest BCUT2D eigenvalue weighted by molar-refractivity contribution is -0.294. The van der Waals surface area contributed by atoms with E-state index in [1.807, 2.05) is 49.7 Å². The van der Waals surface area contributed by atoms with E-state index in [9.17, 15) is 5.11 Å². The van der Waals surface area contributed by atoms with Gasteiger partial charge in [-0.15, -0.1) is 0 Å². The van der Waals surface area contributed by atoms with E-state index in [4.69, 9.17) is 13.7 Å². The molecule has 0 saturated carbocycles. The molecule has 4 nitrogen and oxygen atoms in total. The molecular weight excluding hydrogens is 401 g/mol. The molecule has 0 aliphatic carbocycles. The van der Waals surface area contributed by atoms with Gasteiger partial charge < -0.3 is 15.4 Å². The second kappa shape index (κ2) is 8.15. The van der Waals surface area contributed by atoms with Crippen LogP contribution in [-0.4, -0.2) is 34.9 Å². The van der Waals surface area contributed by atoms with Gasteiger partial charge in [0.25, 0.3) is 0 Å². The van der Waals surface area contributed by atoms with Gasteiger partial charge in [-0.2, -0.15) is 0 Å². The summed E-state index contributed by atoms with van der Waals surface area (Å²) in [5.74, 6) is 0.247. The maximum absolute atomic E-state index is 10.0. The summed E-state index contributed by atoms with van der Waals surface area (Å²) < 4.78 is 4.69. The number of hydrogen-bond acceptors (Lipinski definition) is 2. The van der Waals surface area contributed by atoms with Gasteiger partial charge in [0, 0.05) is 40.5 Å². The molecule has 0 bridgehead atoms. The largest absolute Gasteiger partial charge is 0.586 e. The monoisotopic (exact) mass is 422 g/mol. The van der Waals surface area contributed by atoms with E-state index in [2.05, 4.69) is 33.5 Å². The number of phenols is 1. The molecule has 0 atom stereocenters. The minimum Gasteiger partial charge on any atom is -0.507 e. The summed E-state index contributed by atoms with van der Waals surface area (Å²) in [4.78, 5) is 0. The topological polar surface area (TPSA) is 54.2 Å². The van der Waals surface area contributed by atoms with Crippen molar-refractivity contribution in [3.05, 3.63) is 69.1 Å². The van der Waals surface area contributed by atoms with Crippen LogP contribution in [0.2, 0.25) is 0 Å². The number of aromatic nitrogens is 1. The normalized spacial score (nSPS) is 15.6. The first-order valence-corrected chi connectivity index (χ1v) is 9.53. The predicted molar refractivity (Wildman–Crippen MR) is 117 cm³/mol. The molecule has 2 aromatic rings. The second-order valence-electron chi connectivity index (χ2n) is 6.51. The van der Waals surface area contributed by atoms with Crippen LogP contribution in [0.5, 0.6) is 5.75 Å². The molecule has 2 heterocycles. The summed E-state index contributed by atoms with van der Waals surface area (Å²) in [5.41, 5.74) is 12.0. The SMILES string of the molecule is [B][N+]1=CC=CC1=C(CCN)c1c(C)cc(/C=C/c2cc(Br)ccc2O)n1C. The summed E-state index contributed by atoms with van der Waals surface area (Å²) >= 11 is 3.44. The van der Waals surface area contributed by atoms with Crippen molar-refractivity contribution in [1.82, 2.24) is 4.57 Å². The maximum atomic E-state index is 10.0. The number of hydrogen-bond donors (Lipinski definition) is 2. The Hall–Kier alpha value is -2.31. The van der Waals surface area contributed by atoms with E-state index in [1.54, 1.807) is 10.6 Å². The Morgan fingerprint density at radius 1 is 1.33 bits per heavy atom. The lowest BCUT2D eigenvalue weighted by atomic mass is 10.0. The number of halogens is 1. The molecule has 6 heteroatoms. The van der Waals surface area contributed by atoms with Crippen LogP contribution >= 0.6 is 15.9 Å². The molecule has 136 valence electrons. The third-order valence-corrected chi connectivity index (χ3v) is 5.15.